The molecule has 0 saturated heterocycles. The number of halogens is 2. The van der Waals surface area contributed by atoms with Crippen molar-refractivity contribution in [2.75, 3.05) is 11.9 Å². The Morgan fingerprint density at radius 2 is 2.00 bits per heavy atom. The molecule has 0 aromatic heterocycles. The molecule has 0 unspecified atom stereocenters. The molecule has 0 heterocycles. The van der Waals surface area contributed by atoms with Gasteiger partial charge in [0.1, 0.15) is 0 Å². The topological polar surface area (TPSA) is 41.5 Å². The van der Waals surface area contributed by atoms with Gasteiger partial charge in [0.25, 0.3) is 0 Å². The maximum atomic E-state index is 9.65. The fourth-order valence-electron chi connectivity index (χ4n) is 1.78. The van der Waals surface area contributed by atoms with Crippen molar-refractivity contribution in [2.45, 2.75) is 13.5 Å². The molecule has 3 nitrogen and oxygen atoms in total. The molecule has 0 radical (unpaired) electrons. The summed E-state index contributed by atoms with van der Waals surface area (Å²) in [7, 11) is 0. The highest BCUT2D eigenvalue weighted by atomic mass is 35.5. The molecule has 0 aliphatic carbocycles. The Bertz CT molecular complexity index is 602. The number of phenolic OH excluding ortho intramolecular Hbond substituents is 1. The van der Waals surface area contributed by atoms with Gasteiger partial charge in [0.05, 0.1) is 22.3 Å². The molecule has 0 amide bonds. The van der Waals surface area contributed by atoms with E-state index < -0.39 is 0 Å². The maximum absolute atomic E-state index is 9.65. The highest BCUT2D eigenvalue weighted by Gasteiger charge is 2.06. The smallest absolute Gasteiger partial charge is 0.161 e. The Kier molecular flexibility index (Phi) is 4.99. The van der Waals surface area contributed by atoms with E-state index in [1.54, 1.807) is 18.2 Å². The van der Waals surface area contributed by atoms with E-state index in [0.717, 1.165) is 11.3 Å². The van der Waals surface area contributed by atoms with Crippen LogP contribution in [0.4, 0.5) is 5.69 Å². The Labute approximate surface area is 128 Å². The SMILES string of the molecule is CCOc1cc(CNc2cccc(Cl)c2Cl)ccc1O. The van der Waals surface area contributed by atoms with Gasteiger partial charge in [0.15, 0.2) is 11.5 Å². The number of phenols is 1. The molecule has 20 heavy (non-hydrogen) atoms. The van der Waals surface area contributed by atoms with E-state index in [1.165, 1.54) is 0 Å². The molecule has 0 atom stereocenters. The van der Waals surface area contributed by atoms with Crippen molar-refractivity contribution >= 4 is 28.9 Å². The summed E-state index contributed by atoms with van der Waals surface area (Å²) in [5, 5.41) is 13.9. The standard InChI is InChI=1S/C15H15Cl2NO2/c1-2-20-14-8-10(6-7-13(14)19)9-18-12-5-3-4-11(16)15(12)17/h3-8,18-19H,2,9H2,1H3. The van der Waals surface area contributed by atoms with E-state index in [9.17, 15) is 5.11 Å². The van der Waals surface area contributed by atoms with Gasteiger partial charge in [-0.1, -0.05) is 35.3 Å². The fraction of sp³-hybridized carbons (Fsp3) is 0.200. The fourth-order valence-corrected chi connectivity index (χ4v) is 2.14. The van der Waals surface area contributed by atoms with Crippen LogP contribution >= 0.6 is 23.2 Å². The van der Waals surface area contributed by atoms with E-state index in [-0.39, 0.29) is 5.75 Å². The third kappa shape index (κ3) is 3.50. The summed E-state index contributed by atoms with van der Waals surface area (Å²) in [4.78, 5) is 0. The number of hydrogen-bond donors (Lipinski definition) is 2. The number of rotatable bonds is 5. The first-order valence-electron chi connectivity index (χ1n) is 6.24. The highest BCUT2D eigenvalue weighted by molar-refractivity contribution is 6.43. The van der Waals surface area contributed by atoms with Crippen LogP contribution in [0.1, 0.15) is 12.5 Å². The lowest BCUT2D eigenvalue weighted by Gasteiger charge is -2.11. The molecule has 2 N–H and O–H groups in total. The van der Waals surface area contributed by atoms with E-state index in [1.807, 2.05) is 25.1 Å². The lowest BCUT2D eigenvalue weighted by atomic mass is 10.2. The lowest BCUT2D eigenvalue weighted by Crippen LogP contribution is -2.01. The Morgan fingerprint density at radius 1 is 1.20 bits per heavy atom. The van der Waals surface area contributed by atoms with Crippen LogP contribution in [0.5, 0.6) is 11.5 Å². The van der Waals surface area contributed by atoms with Crippen molar-refractivity contribution in [3.05, 3.63) is 52.0 Å². The van der Waals surface area contributed by atoms with E-state index in [2.05, 4.69) is 5.32 Å². The molecule has 2 aromatic rings. The molecule has 2 aromatic carbocycles. The van der Waals surface area contributed by atoms with Gasteiger partial charge in [-0.05, 0) is 36.8 Å². The Hall–Kier alpha value is -1.58. The lowest BCUT2D eigenvalue weighted by molar-refractivity contribution is 0.318. The largest absolute Gasteiger partial charge is 0.504 e. The minimum absolute atomic E-state index is 0.136. The zero-order chi connectivity index (χ0) is 14.5. The number of anilines is 1. The van der Waals surface area contributed by atoms with Crippen molar-refractivity contribution in [3.8, 4) is 11.5 Å². The second kappa shape index (κ2) is 6.73. The van der Waals surface area contributed by atoms with E-state index >= 15 is 0 Å². The average molecular weight is 312 g/mol. The van der Waals surface area contributed by atoms with Crippen LogP contribution in [0.15, 0.2) is 36.4 Å². The highest BCUT2D eigenvalue weighted by Crippen LogP contribution is 2.31. The van der Waals surface area contributed by atoms with Crippen LogP contribution in [-0.2, 0) is 6.54 Å². The van der Waals surface area contributed by atoms with Crippen molar-refractivity contribution in [2.24, 2.45) is 0 Å². The van der Waals surface area contributed by atoms with Gasteiger partial charge in [-0.25, -0.2) is 0 Å². The van der Waals surface area contributed by atoms with Crippen LogP contribution in [0.2, 0.25) is 10.0 Å². The van der Waals surface area contributed by atoms with Crippen molar-refractivity contribution in [1.29, 1.82) is 0 Å². The second-order valence-electron chi connectivity index (χ2n) is 4.19. The number of benzene rings is 2. The number of aromatic hydroxyl groups is 1. The summed E-state index contributed by atoms with van der Waals surface area (Å²) >= 11 is 12.1. The molecule has 5 heteroatoms. The minimum atomic E-state index is 0.136. The Morgan fingerprint density at radius 3 is 2.75 bits per heavy atom. The van der Waals surface area contributed by atoms with Gasteiger partial charge < -0.3 is 15.2 Å². The van der Waals surface area contributed by atoms with E-state index in [4.69, 9.17) is 27.9 Å². The first-order chi connectivity index (χ1) is 9.61. The first kappa shape index (κ1) is 14.8. The molecule has 0 fully saturated rings. The zero-order valence-corrected chi connectivity index (χ0v) is 12.5. The van der Waals surface area contributed by atoms with Gasteiger partial charge in [-0.3, -0.25) is 0 Å². The van der Waals surface area contributed by atoms with Gasteiger partial charge in [0.2, 0.25) is 0 Å². The zero-order valence-electron chi connectivity index (χ0n) is 11.0. The van der Waals surface area contributed by atoms with Crippen molar-refractivity contribution in [1.82, 2.24) is 0 Å². The normalized spacial score (nSPS) is 10.3. The molecular formula is C15H15Cl2NO2. The Balaban J connectivity index is 2.11. The van der Waals surface area contributed by atoms with E-state index in [0.29, 0.717) is 28.9 Å². The third-order valence-electron chi connectivity index (χ3n) is 2.76. The molecule has 0 aliphatic heterocycles. The van der Waals surface area contributed by atoms with Crippen LogP contribution in [-0.4, -0.2) is 11.7 Å². The monoisotopic (exact) mass is 311 g/mol. The summed E-state index contributed by atoms with van der Waals surface area (Å²) in [5.41, 5.74) is 1.74. The first-order valence-corrected chi connectivity index (χ1v) is 7.00. The number of ether oxygens (including phenoxy) is 1. The molecule has 0 spiro atoms. The van der Waals surface area contributed by atoms with Crippen molar-refractivity contribution < 1.29 is 9.84 Å². The summed E-state index contributed by atoms with van der Waals surface area (Å²) in [6, 6.07) is 10.7. The molecule has 2 rings (SSSR count). The van der Waals surface area contributed by atoms with Crippen LogP contribution < -0.4 is 10.1 Å². The van der Waals surface area contributed by atoms with Gasteiger partial charge >= 0.3 is 0 Å². The summed E-state index contributed by atoms with van der Waals surface area (Å²) < 4.78 is 5.35. The van der Waals surface area contributed by atoms with Gasteiger partial charge in [0, 0.05) is 6.54 Å². The van der Waals surface area contributed by atoms with Crippen LogP contribution in [0.25, 0.3) is 0 Å². The quantitative estimate of drug-likeness (QED) is 0.840. The molecule has 0 saturated carbocycles. The molecular weight excluding hydrogens is 297 g/mol. The summed E-state index contributed by atoms with van der Waals surface area (Å²) in [5.74, 6) is 0.611. The summed E-state index contributed by atoms with van der Waals surface area (Å²) in [6.07, 6.45) is 0. The maximum Gasteiger partial charge on any atom is 0.161 e. The second-order valence-corrected chi connectivity index (χ2v) is 4.98. The molecule has 0 aliphatic rings. The molecule has 0 bridgehead atoms. The van der Waals surface area contributed by atoms with Gasteiger partial charge in [-0.15, -0.1) is 0 Å². The molecule has 106 valence electrons. The average Bonchev–Trinajstić information content (AvgIpc) is 2.44. The third-order valence-corrected chi connectivity index (χ3v) is 3.58. The van der Waals surface area contributed by atoms with Crippen molar-refractivity contribution in [3.63, 3.8) is 0 Å². The number of nitrogens with one attached hydrogen (secondary N) is 1. The predicted octanol–water partition coefficient (Wildman–Crippen LogP) is 4.71. The summed E-state index contributed by atoms with van der Waals surface area (Å²) in [6.45, 7) is 2.93. The van der Waals surface area contributed by atoms with Crippen LogP contribution in [0, 0.1) is 0 Å². The van der Waals surface area contributed by atoms with Crippen LogP contribution in [0.3, 0.4) is 0 Å². The predicted molar refractivity (Wildman–Crippen MR) is 83.1 cm³/mol. The number of hydrogen-bond acceptors (Lipinski definition) is 3. The minimum Gasteiger partial charge on any atom is -0.504 e. The van der Waals surface area contributed by atoms with Gasteiger partial charge in [-0.2, -0.15) is 0 Å².